The molecular weight excluding hydrogens is 374 g/mol. The van der Waals surface area contributed by atoms with E-state index in [1.54, 1.807) is 7.11 Å². The third-order valence-corrected chi connectivity index (χ3v) is 7.16. The number of hydrogen-bond acceptors (Lipinski definition) is 5. The first-order chi connectivity index (χ1) is 14.7. The minimum absolute atomic E-state index is 0.290. The van der Waals surface area contributed by atoms with Crippen molar-refractivity contribution < 1.29 is 9.84 Å². The molecule has 0 amide bonds. The van der Waals surface area contributed by atoms with Crippen molar-refractivity contribution in [3.63, 3.8) is 0 Å². The van der Waals surface area contributed by atoms with Crippen LogP contribution in [-0.2, 0) is 13.1 Å². The van der Waals surface area contributed by atoms with E-state index in [9.17, 15) is 5.11 Å². The summed E-state index contributed by atoms with van der Waals surface area (Å²) in [5, 5.41) is 9.67. The van der Waals surface area contributed by atoms with E-state index in [4.69, 9.17) is 4.74 Å². The summed E-state index contributed by atoms with van der Waals surface area (Å²) >= 11 is 0. The van der Waals surface area contributed by atoms with Gasteiger partial charge in [0.15, 0.2) is 0 Å². The molecule has 1 N–H and O–H groups in total. The van der Waals surface area contributed by atoms with E-state index in [2.05, 4.69) is 46.7 Å². The van der Waals surface area contributed by atoms with Gasteiger partial charge in [-0.1, -0.05) is 39.2 Å². The van der Waals surface area contributed by atoms with Crippen LogP contribution in [0.1, 0.15) is 63.5 Å². The number of aliphatic hydroxyl groups is 1. The maximum Gasteiger partial charge on any atom is 0.123 e. The van der Waals surface area contributed by atoms with Crippen molar-refractivity contribution in [1.29, 1.82) is 0 Å². The standard InChI is InChI=1S/C25H43N3O2/c1-4-26(5-2)19-22-17-21(11-12-25(22)30-3)18-27-14-15-28(24(20-27)13-16-29)23-9-7-6-8-10-23/h11-12,17,23-24,29H,4-10,13-16,18-20H2,1-3H3/t24-/m1/s1. The minimum atomic E-state index is 0.290. The van der Waals surface area contributed by atoms with Gasteiger partial charge < -0.3 is 9.84 Å². The zero-order chi connectivity index (χ0) is 21.3. The second kappa shape index (κ2) is 12.0. The van der Waals surface area contributed by atoms with Crippen LogP contribution < -0.4 is 4.74 Å². The maximum atomic E-state index is 9.67. The Morgan fingerprint density at radius 1 is 1.10 bits per heavy atom. The van der Waals surface area contributed by atoms with Crippen molar-refractivity contribution in [2.75, 3.05) is 46.4 Å². The zero-order valence-electron chi connectivity index (χ0n) is 19.5. The zero-order valence-corrected chi connectivity index (χ0v) is 19.5. The van der Waals surface area contributed by atoms with E-state index in [1.807, 2.05) is 0 Å². The molecule has 0 bridgehead atoms. The summed E-state index contributed by atoms with van der Waals surface area (Å²) in [6.45, 7) is 12.1. The molecule has 170 valence electrons. The highest BCUT2D eigenvalue weighted by molar-refractivity contribution is 5.37. The third-order valence-electron chi connectivity index (χ3n) is 7.16. The molecule has 2 fully saturated rings. The first-order valence-corrected chi connectivity index (χ1v) is 12.2. The summed E-state index contributed by atoms with van der Waals surface area (Å²) in [4.78, 5) is 7.75. The number of hydrogen-bond donors (Lipinski definition) is 1. The predicted molar refractivity (Wildman–Crippen MR) is 124 cm³/mol. The van der Waals surface area contributed by atoms with E-state index in [-0.39, 0.29) is 6.61 Å². The highest BCUT2D eigenvalue weighted by atomic mass is 16.5. The van der Waals surface area contributed by atoms with Crippen molar-refractivity contribution in [2.45, 2.75) is 77.5 Å². The molecule has 1 atom stereocenters. The van der Waals surface area contributed by atoms with E-state index < -0.39 is 0 Å². The fraction of sp³-hybridized carbons (Fsp3) is 0.760. The first kappa shape index (κ1) is 23.5. The lowest BCUT2D eigenvalue weighted by Gasteiger charge is -2.46. The first-order valence-electron chi connectivity index (χ1n) is 12.2. The fourth-order valence-corrected chi connectivity index (χ4v) is 5.38. The Morgan fingerprint density at radius 2 is 1.87 bits per heavy atom. The topological polar surface area (TPSA) is 39.2 Å². The van der Waals surface area contributed by atoms with Crippen LogP contribution in [0.15, 0.2) is 18.2 Å². The molecule has 1 heterocycles. The van der Waals surface area contributed by atoms with E-state index in [0.29, 0.717) is 6.04 Å². The number of aliphatic hydroxyl groups excluding tert-OH is 1. The van der Waals surface area contributed by atoms with Gasteiger partial charge in [-0.15, -0.1) is 0 Å². The Morgan fingerprint density at radius 3 is 2.53 bits per heavy atom. The SMILES string of the molecule is CCN(CC)Cc1cc(CN2CCN(C3CCCCC3)[C@H](CCO)C2)ccc1OC. The van der Waals surface area contributed by atoms with Crippen LogP contribution in [0, 0.1) is 0 Å². The molecule has 0 radical (unpaired) electrons. The van der Waals surface area contributed by atoms with Crippen molar-refractivity contribution in [3.8, 4) is 5.75 Å². The number of rotatable bonds is 10. The van der Waals surface area contributed by atoms with Crippen LogP contribution in [0.25, 0.3) is 0 Å². The Bertz CT molecular complexity index is 629. The molecule has 1 aromatic carbocycles. The van der Waals surface area contributed by atoms with Crippen LogP contribution in [0.2, 0.25) is 0 Å². The number of benzene rings is 1. The second-order valence-electron chi connectivity index (χ2n) is 9.04. The van der Waals surface area contributed by atoms with E-state index in [0.717, 1.165) is 64.0 Å². The van der Waals surface area contributed by atoms with Gasteiger partial charge in [0.05, 0.1) is 7.11 Å². The van der Waals surface area contributed by atoms with Gasteiger partial charge in [-0.3, -0.25) is 14.7 Å². The van der Waals surface area contributed by atoms with Gasteiger partial charge in [0, 0.05) is 57.0 Å². The quantitative estimate of drug-likeness (QED) is 0.628. The Labute approximate surface area is 184 Å². The average molecular weight is 418 g/mol. The molecule has 5 nitrogen and oxygen atoms in total. The Balaban J connectivity index is 1.65. The summed E-state index contributed by atoms with van der Waals surface area (Å²) in [6.07, 6.45) is 7.72. The predicted octanol–water partition coefficient (Wildman–Crippen LogP) is 3.74. The summed E-state index contributed by atoms with van der Waals surface area (Å²) in [5.41, 5.74) is 2.65. The Hall–Kier alpha value is -1.14. The summed E-state index contributed by atoms with van der Waals surface area (Å²) in [5.74, 6) is 0.992. The highest BCUT2D eigenvalue weighted by Crippen LogP contribution is 2.28. The lowest BCUT2D eigenvalue weighted by molar-refractivity contribution is 0.0136. The molecule has 1 aliphatic carbocycles. The van der Waals surface area contributed by atoms with Crippen LogP contribution >= 0.6 is 0 Å². The minimum Gasteiger partial charge on any atom is -0.496 e. The molecule has 0 spiro atoms. The van der Waals surface area contributed by atoms with Crippen molar-refractivity contribution in [2.24, 2.45) is 0 Å². The summed E-state index contributed by atoms with van der Waals surface area (Å²) < 4.78 is 5.64. The van der Waals surface area contributed by atoms with Gasteiger partial charge in [0.1, 0.15) is 5.75 Å². The van der Waals surface area contributed by atoms with Gasteiger partial charge in [-0.25, -0.2) is 0 Å². The molecule has 30 heavy (non-hydrogen) atoms. The number of ether oxygens (including phenoxy) is 1. The molecule has 1 aromatic rings. The Kier molecular flexibility index (Phi) is 9.44. The normalized spacial score (nSPS) is 22.0. The molecule has 3 rings (SSSR count). The lowest BCUT2D eigenvalue weighted by Crippen LogP contribution is -2.56. The second-order valence-corrected chi connectivity index (χ2v) is 9.04. The number of methoxy groups -OCH3 is 1. The van der Waals surface area contributed by atoms with Gasteiger partial charge in [-0.2, -0.15) is 0 Å². The van der Waals surface area contributed by atoms with Gasteiger partial charge in [0.2, 0.25) is 0 Å². The molecule has 5 heteroatoms. The van der Waals surface area contributed by atoms with Crippen molar-refractivity contribution in [3.05, 3.63) is 29.3 Å². The monoisotopic (exact) mass is 417 g/mol. The summed E-state index contributed by atoms with van der Waals surface area (Å²) in [6, 6.07) is 7.92. The van der Waals surface area contributed by atoms with Crippen LogP contribution in [0.3, 0.4) is 0 Å². The molecule has 1 saturated carbocycles. The third kappa shape index (κ3) is 6.19. The van der Waals surface area contributed by atoms with Crippen molar-refractivity contribution in [1.82, 2.24) is 14.7 Å². The largest absolute Gasteiger partial charge is 0.496 e. The number of piperazine rings is 1. The molecule has 0 unspecified atom stereocenters. The molecule has 1 saturated heterocycles. The van der Waals surface area contributed by atoms with Gasteiger partial charge >= 0.3 is 0 Å². The maximum absolute atomic E-state index is 9.67. The highest BCUT2D eigenvalue weighted by Gasteiger charge is 2.32. The van der Waals surface area contributed by atoms with E-state index in [1.165, 1.54) is 43.2 Å². The van der Waals surface area contributed by atoms with E-state index >= 15 is 0 Å². The van der Waals surface area contributed by atoms with Crippen molar-refractivity contribution >= 4 is 0 Å². The smallest absolute Gasteiger partial charge is 0.123 e. The lowest BCUT2D eigenvalue weighted by atomic mass is 9.91. The molecule has 0 aromatic heterocycles. The molecule has 2 aliphatic rings. The van der Waals surface area contributed by atoms with Gasteiger partial charge in [-0.05, 0) is 50.0 Å². The molecular formula is C25H43N3O2. The molecule has 1 aliphatic heterocycles. The van der Waals surface area contributed by atoms with Crippen LogP contribution in [-0.4, -0.2) is 78.3 Å². The fourth-order valence-electron chi connectivity index (χ4n) is 5.38. The summed E-state index contributed by atoms with van der Waals surface area (Å²) in [7, 11) is 1.77. The van der Waals surface area contributed by atoms with Gasteiger partial charge in [0.25, 0.3) is 0 Å². The van der Waals surface area contributed by atoms with Crippen LogP contribution in [0.5, 0.6) is 5.75 Å². The number of nitrogens with zero attached hydrogens (tertiary/aromatic N) is 3. The van der Waals surface area contributed by atoms with Crippen LogP contribution in [0.4, 0.5) is 0 Å². The average Bonchev–Trinajstić information content (AvgIpc) is 2.78.